The van der Waals surface area contributed by atoms with Crippen LogP contribution in [0.15, 0.2) is 18.7 Å². The predicted molar refractivity (Wildman–Crippen MR) is 39.2 cm³/mol. The smallest absolute Gasteiger partial charge is 0.303 e. The van der Waals surface area contributed by atoms with Crippen LogP contribution in [0.1, 0.15) is 12.8 Å². The standard InChI is InChI=1S/C4H6O4.C3H4N2/c5-3(6)1-2-4(7)8;1-2-5-3-4-1/h1-2H2,(H,5,6)(H,7,8);1-3H,(H,4,5). The van der Waals surface area contributed by atoms with Gasteiger partial charge in [0.1, 0.15) is 12.4 Å². The van der Waals surface area contributed by atoms with Gasteiger partial charge >= 0.3 is 5.97 Å². The van der Waals surface area contributed by atoms with E-state index >= 15 is 0 Å². The van der Waals surface area contributed by atoms with E-state index in [-0.39, 0.29) is 6.42 Å². The summed E-state index contributed by atoms with van der Waals surface area (Å²) in [5, 5.41) is 17.4. The topological polar surface area (TPSA) is 107 Å². The van der Waals surface area contributed by atoms with Crippen LogP contribution in [0.5, 0.6) is 0 Å². The Hall–Kier alpha value is -1.85. The Morgan fingerprint density at radius 3 is 2.31 bits per heavy atom. The van der Waals surface area contributed by atoms with Crippen LogP contribution in [-0.4, -0.2) is 22.0 Å². The molecule has 1 aromatic rings. The van der Waals surface area contributed by atoms with Crippen molar-refractivity contribution in [1.29, 1.82) is 0 Å². The molecule has 1 aromatic heterocycles. The Labute approximate surface area is 74.2 Å². The monoisotopic (exact) mass is 186 g/mol. The van der Waals surface area contributed by atoms with E-state index < -0.39 is 18.4 Å². The minimum atomic E-state index is -1.33. The van der Waals surface area contributed by atoms with Crippen molar-refractivity contribution >= 4 is 11.9 Å². The third-order valence-corrected chi connectivity index (χ3v) is 0.985. The molecular formula is C7H10N2O4. The van der Waals surface area contributed by atoms with Gasteiger partial charge < -0.3 is 15.0 Å². The first kappa shape index (κ1) is 11.2. The van der Waals surface area contributed by atoms with Crippen LogP contribution in [0, 0.1) is 0 Å². The summed E-state index contributed by atoms with van der Waals surface area (Å²) in [7, 11) is 0. The summed E-state index contributed by atoms with van der Waals surface area (Å²) in [5.74, 6) is -2.44. The molecular weight excluding hydrogens is 176 g/mol. The second-order valence-electron chi connectivity index (χ2n) is 2.08. The second kappa shape index (κ2) is 6.84. The number of nitrogens with one attached hydrogen (secondary N) is 2. The third kappa shape index (κ3) is 10.2. The number of imidazole rings is 1. The number of carbonyl (C=O) groups excluding carboxylic acids is 1. The van der Waals surface area contributed by atoms with Crippen molar-refractivity contribution in [3.05, 3.63) is 18.7 Å². The van der Waals surface area contributed by atoms with E-state index in [1.165, 1.54) is 0 Å². The van der Waals surface area contributed by atoms with Crippen LogP contribution in [0.3, 0.4) is 0 Å². The lowest BCUT2D eigenvalue weighted by Crippen LogP contribution is -2.22. The molecule has 13 heavy (non-hydrogen) atoms. The van der Waals surface area contributed by atoms with Crippen LogP contribution in [-0.2, 0) is 9.59 Å². The zero-order valence-electron chi connectivity index (χ0n) is 6.82. The zero-order valence-corrected chi connectivity index (χ0v) is 6.82. The van der Waals surface area contributed by atoms with E-state index in [1.807, 2.05) is 12.4 Å². The molecule has 0 unspecified atom stereocenters. The van der Waals surface area contributed by atoms with E-state index in [4.69, 9.17) is 5.11 Å². The molecule has 0 radical (unpaired) electrons. The summed E-state index contributed by atoms with van der Waals surface area (Å²) in [6.45, 7) is 0. The number of aliphatic carboxylic acids is 2. The lowest BCUT2D eigenvalue weighted by molar-refractivity contribution is -0.375. The quantitative estimate of drug-likeness (QED) is 0.594. The summed E-state index contributed by atoms with van der Waals surface area (Å²) < 4.78 is 0. The molecule has 6 heteroatoms. The maximum Gasteiger partial charge on any atom is 0.303 e. The Morgan fingerprint density at radius 1 is 1.46 bits per heavy atom. The molecule has 72 valence electrons. The van der Waals surface area contributed by atoms with Gasteiger partial charge in [-0.1, -0.05) is 0 Å². The van der Waals surface area contributed by atoms with Crippen molar-refractivity contribution in [3.8, 4) is 0 Å². The van der Waals surface area contributed by atoms with Gasteiger partial charge in [0, 0.05) is 5.97 Å². The van der Waals surface area contributed by atoms with Gasteiger partial charge in [-0.2, -0.15) is 0 Å². The number of rotatable bonds is 3. The SMILES string of the molecule is O=C([O-])CCC(=O)O.c1c[nH+]c[nH]1. The van der Waals surface area contributed by atoms with Gasteiger partial charge in [-0.3, -0.25) is 14.8 Å². The van der Waals surface area contributed by atoms with Crippen molar-refractivity contribution in [2.24, 2.45) is 0 Å². The average molecular weight is 186 g/mol. The predicted octanol–water partition coefficient (Wildman–Crippen LogP) is -1.57. The van der Waals surface area contributed by atoms with Gasteiger partial charge in [-0.05, 0) is 6.42 Å². The fraction of sp³-hybridized carbons (Fsp3) is 0.286. The number of carboxylic acid groups (broad SMARTS) is 2. The molecule has 0 spiro atoms. The zero-order chi connectivity index (χ0) is 10.1. The van der Waals surface area contributed by atoms with Crippen molar-refractivity contribution in [1.82, 2.24) is 4.98 Å². The number of aromatic nitrogens is 2. The van der Waals surface area contributed by atoms with Crippen LogP contribution in [0.25, 0.3) is 0 Å². The maximum atomic E-state index is 9.61. The van der Waals surface area contributed by atoms with Crippen LogP contribution >= 0.6 is 0 Å². The van der Waals surface area contributed by atoms with Crippen LogP contribution in [0.2, 0.25) is 0 Å². The van der Waals surface area contributed by atoms with Crippen LogP contribution < -0.4 is 10.1 Å². The Kier molecular flexibility index (Phi) is 5.86. The molecule has 0 aliphatic heterocycles. The molecule has 0 bridgehead atoms. The fourth-order valence-corrected chi connectivity index (χ4v) is 0.450. The first-order valence-electron chi connectivity index (χ1n) is 3.53. The number of aromatic amines is 2. The number of H-pyrrole nitrogens is 2. The molecule has 1 heterocycles. The van der Waals surface area contributed by atoms with E-state index in [0.717, 1.165) is 0 Å². The molecule has 0 saturated carbocycles. The summed E-state index contributed by atoms with van der Waals surface area (Å²) in [6, 6.07) is 0. The largest absolute Gasteiger partial charge is 0.550 e. The lowest BCUT2D eigenvalue weighted by atomic mass is 10.3. The average Bonchev–Trinajstić information content (AvgIpc) is 2.57. The molecule has 0 saturated heterocycles. The highest BCUT2D eigenvalue weighted by atomic mass is 16.4. The molecule has 0 aliphatic carbocycles. The summed E-state index contributed by atoms with van der Waals surface area (Å²) in [5.41, 5.74) is 0. The van der Waals surface area contributed by atoms with E-state index in [9.17, 15) is 14.7 Å². The maximum absolute atomic E-state index is 9.61. The number of hydrogen-bond acceptors (Lipinski definition) is 3. The lowest BCUT2D eigenvalue weighted by Gasteiger charge is -1.94. The molecule has 0 amide bonds. The molecule has 3 N–H and O–H groups in total. The highest BCUT2D eigenvalue weighted by molar-refractivity contribution is 5.74. The van der Waals surface area contributed by atoms with Crippen molar-refractivity contribution in [2.45, 2.75) is 12.8 Å². The molecule has 0 atom stereocenters. The first-order chi connectivity index (χ1) is 6.13. The Morgan fingerprint density at radius 2 is 2.15 bits per heavy atom. The number of hydrogen-bond donors (Lipinski definition) is 2. The minimum Gasteiger partial charge on any atom is -0.550 e. The van der Waals surface area contributed by atoms with E-state index in [0.29, 0.717) is 0 Å². The molecule has 6 nitrogen and oxygen atoms in total. The summed E-state index contributed by atoms with van der Waals surface area (Å²) in [4.78, 5) is 24.8. The summed E-state index contributed by atoms with van der Waals surface area (Å²) >= 11 is 0. The van der Waals surface area contributed by atoms with Crippen molar-refractivity contribution in [2.75, 3.05) is 0 Å². The van der Waals surface area contributed by atoms with E-state index in [1.54, 1.807) is 6.33 Å². The molecule has 0 aliphatic rings. The van der Waals surface area contributed by atoms with Gasteiger partial charge in [0.05, 0.1) is 6.42 Å². The Balaban J connectivity index is 0.000000243. The number of carbonyl (C=O) groups is 2. The normalized spacial score (nSPS) is 8.31. The van der Waals surface area contributed by atoms with E-state index in [2.05, 4.69) is 9.97 Å². The number of carboxylic acids is 2. The Bertz CT molecular complexity index is 214. The highest BCUT2D eigenvalue weighted by Gasteiger charge is 1.93. The molecule has 1 rings (SSSR count). The highest BCUT2D eigenvalue weighted by Crippen LogP contribution is 1.83. The second-order valence-corrected chi connectivity index (χ2v) is 2.08. The fourth-order valence-electron chi connectivity index (χ4n) is 0.450. The molecule has 0 aromatic carbocycles. The van der Waals surface area contributed by atoms with Gasteiger partial charge in [-0.15, -0.1) is 0 Å². The van der Waals surface area contributed by atoms with Crippen molar-refractivity contribution in [3.63, 3.8) is 0 Å². The third-order valence-electron chi connectivity index (χ3n) is 0.985. The minimum absolute atomic E-state index is 0.359. The van der Waals surface area contributed by atoms with Gasteiger partial charge in [0.15, 0.2) is 0 Å². The summed E-state index contributed by atoms with van der Waals surface area (Å²) in [6.07, 6.45) is 4.62. The van der Waals surface area contributed by atoms with Crippen molar-refractivity contribution < 1.29 is 24.8 Å². The van der Waals surface area contributed by atoms with Crippen LogP contribution in [0.4, 0.5) is 0 Å². The van der Waals surface area contributed by atoms with Gasteiger partial charge in [-0.25, -0.2) is 0 Å². The molecule has 0 fully saturated rings. The van der Waals surface area contributed by atoms with Gasteiger partial charge in [0.2, 0.25) is 6.33 Å². The van der Waals surface area contributed by atoms with Gasteiger partial charge in [0.25, 0.3) is 0 Å². The first-order valence-corrected chi connectivity index (χ1v) is 3.53.